The van der Waals surface area contributed by atoms with E-state index >= 15 is 0 Å². The molecule has 2 aliphatic rings. The van der Waals surface area contributed by atoms with E-state index in [1.54, 1.807) is 0 Å². The van der Waals surface area contributed by atoms with Gasteiger partial charge in [-0.2, -0.15) is 4.98 Å². The molecule has 2 aliphatic heterocycles. The quantitative estimate of drug-likeness (QED) is 0.647. The van der Waals surface area contributed by atoms with Crippen molar-refractivity contribution in [2.45, 2.75) is 25.4 Å². The summed E-state index contributed by atoms with van der Waals surface area (Å²) >= 11 is 0. The summed E-state index contributed by atoms with van der Waals surface area (Å²) in [5, 5.41) is 4.25. The van der Waals surface area contributed by atoms with E-state index in [2.05, 4.69) is 68.3 Å². The predicted molar refractivity (Wildman–Crippen MR) is 116 cm³/mol. The summed E-state index contributed by atoms with van der Waals surface area (Å²) in [6.07, 6.45) is 4.06. The SMILES string of the molecule is CN1CCN(c2ccc(-c3noc(C4CCCN4Cc4ccccc4)n3)cn2)CC1. The van der Waals surface area contributed by atoms with Crippen LogP contribution in [-0.2, 0) is 6.54 Å². The number of nitrogens with zero attached hydrogens (tertiary/aromatic N) is 6. The minimum absolute atomic E-state index is 0.184. The van der Waals surface area contributed by atoms with Gasteiger partial charge in [-0.05, 0) is 44.1 Å². The molecule has 30 heavy (non-hydrogen) atoms. The van der Waals surface area contributed by atoms with Crippen LogP contribution in [0, 0.1) is 0 Å². The molecular weight excluding hydrogens is 376 g/mol. The Kier molecular flexibility index (Phi) is 5.46. The number of aromatic nitrogens is 3. The van der Waals surface area contributed by atoms with Gasteiger partial charge in [-0.3, -0.25) is 4.90 Å². The number of hydrogen-bond donors (Lipinski definition) is 0. The van der Waals surface area contributed by atoms with Crippen molar-refractivity contribution in [3.05, 3.63) is 60.1 Å². The second-order valence-electron chi connectivity index (χ2n) is 8.27. The van der Waals surface area contributed by atoms with E-state index in [0.29, 0.717) is 11.7 Å². The summed E-state index contributed by atoms with van der Waals surface area (Å²) < 4.78 is 5.68. The van der Waals surface area contributed by atoms with Crippen LogP contribution < -0.4 is 4.90 Å². The first-order chi connectivity index (χ1) is 14.8. The molecule has 0 spiro atoms. The Morgan fingerprint density at radius 2 is 1.83 bits per heavy atom. The Labute approximate surface area is 177 Å². The largest absolute Gasteiger partial charge is 0.354 e. The first kappa shape index (κ1) is 19.2. The maximum atomic E-state index is 5.68. The van der Waals surface area contributed by atoms with Gasteiger partial charge < -0.3 is 14.3 Å². The third kappa shape index (κ3) is 4.08. The van der Waals surface area contributed by atoms with Gasteiger partial charge in [-0.1, -0.05) is 35.5 Å². The van der Waals surface area contributed by atoms with Crippen molar-refractivity contribution < 1.29 is 4.52 Å². The molecule has 0 bridgehead atoms. The number of likely N-dealkylation sites (tertiary alicyclic amines) is 1. The average Bonchev–Trinajstić information content (AvgIpc) is 3.45. The van der Waals surface area contributed by atoms with Crippen molar-refractivity contribution in [3.63, 3.8) is 0 Å². The Hall–Kier alpha value is -2.77. The van der Waals surface area contributed by atoms with Crippen LogP contribution >= 0.6 is 0 Å². The second kappa shape index (κ2) is 8.53. The molecule has 1 atom stereocenters. The van der Waals surface area contributed by atoms with Crippen LogP contribution in [0.5, 0.6) is 0 Å². The van der Waals surface area contributed by atoms with Gasteiger partial charge in [0.2, 0.25) is 11.7 Å². The minimum atomic E-state index is 0.184. The van der Waals surface area contributed by atoms with Crippen LogP contribution in [0.3, 0.4) is 0 Å². The second-order valence-corrected chi connectivity index (χ2v) is 8.27. The first-order valence-electron chi connectivity index (χ1n) is 10.8. The van der Waals surface area contributed by atoms with Crippen molar-refractivity contribution in [1.29, 1.82) is 0 Å². The maximum Gasteiger partial charge on any atom is 0.244 e. The zero-order valence-electron chi connectivity index (χ0n) is 17.4. The number of benzene rings is 1. The normalized spacial score (nSPS) is 20.7. The molecule has 0 saturated carbocycles. The standard InChI is InChI=1S/C23H28N6O/c1-27-12-14-28(15-13-27)21-10-9-19(16-24-21)22-25-23(30-26-22)20-8-5-11-29(20)17-18-6-3-2-4-7-18/h2-4,6-7,9-10,16,20H,5,8,11-15,17H2,1H3. The number of likely N-dealkylation sites (N-methyl/N-ethyl adjacent to an activating group) is 1. The molecule has 5 rings (SSSR count). The Balaban J connectivity index is 1.28. The summed E-state index contributed by atoms with van der Waals surface area (Å²) in [5.41, 5.74) is 2.21. The molecule has 3 aromatic rings. The van der Waals surface area contributed by atoms with Crippen LogP contribution in [0.15, 0.2) is 53.2 Å². The Morgan fingerprint density at radius 1 is 1.00 bits per heavy atom. The van der Waals surface area contributed by atoms with Crippen LogP contribution in [0.2, 0.25) is 0 Å². The summed E-state index contributed by atoms with van der Waals surface area (Å²) in [4.78, 5) is 16.5. The van der Waals surface area contributed by atoms with Crippen LogP contribution in [0.4, 0.5) is 5.82 Å². The molecule has 0 aliphatic carbocycles. The molecular formula is C23H28N6O. The van der Waals surface area contributed by atoms with E-state index in [9.17, 15) is 0 Å². The van der Waals surface area contributed by atoms with Gasteiger partial charge in [-0.25, -0.2) is 4.98 Å². The zero-order valence-corrected chi connectivity index (χ0v) is 17.4. The van der Waals surface area contributed by atoms with E-state index in [0.717, 1.165) is 63.5 Å². The fraction of sp³-hybridized carbons (Fsp3) is 0.435. The summed E-state index contributed by atoms with van der Waals surface area (Å²) in [6.45, 7) is 6.11. The first-order valence-corrected chi connectivity index (χ1v) is 10.8. The molecule has 7 nitrogen and oxygen atoms in total. The molecule has 7 heteroatoms. The molecule has 2 fully saturated rings. The van der Waals surface area contributed by atoms with Crippen molar-refractivity contribution >= 4 is 5.82 Å². The highest BCUT2D eigenvalue weighted by molar-refractivity contribution is 5.56. The highest BCUT2D eigenvalue weighted by Crippen LogP contribution is 2.33. The average molecular weight is 405 g/mol. The van der Waals surface area contributed by atoms with Gasteiger partial charge in [0.05, 0.1) is 6.04 Å². The van der Waals surface area contributed by atoms with Gasteiger partial charge >= 0.3 is 0 Å². The molecule has 2 aromatic heterocycles. The lowest BCUT2D eigenvalue weighted by Gasteiger charge is -2.33. The predicted octanol–water partition coefficient (Wildman–Crippen LogP) is 3.22. The highest BCUT2D eigenvalue weighted by atomic mass is 16.5. The fourth-order valence-corrected chi connectivity index (χ4v) is 4.34. The molecule has 4 heterocycles. The van der Waals surface area contributed by atoms with E-state index in [1.807, 2.05) is 12.3 Å². The molecule has 156 valence electrons. The van der Waals surface area contributed by atoms with Gasteiger partial charge in [0.1, 0.15) is 5.82 Å². The van der Waals surface area contributed by atoms with Crippen LogP contribution in [-0.4, -0.2) is 64.7 Å². The van der Waals surface area contributed by atoms with E-state index in [4.69, 9.17) is 9.51 Å². The number of anilines is 1. The number of pyridine rings is 1. The van der Waals surface area contributed by atoms with Gasteiger partial charge in [0.15, 0.2) is 0 Å². The van der Waals surface area contributed by atoms with Gasteiger partial charge in [0, 0.05) is 44.5 Å². The number of piperazine rings is 1. The molecule has 0 N–H and O–H groups in total. The zero-order chi connectivity index (χ0) is 20.3. The number of rotatable bonds is 5. The lowest BCUT2D eigenvalue weighted by molar-refractivity contribution is 0.201. The van der Waals surface area contributed by atoms with Crippen molar-refractivity contribution in [2.75, 3.05) is 44.7 Å². The van der Waals surface area contributed by atoms with Gasteiger partial charge in [-0.15, -0.1) is 0 Å². The lowest BCUT2D eigenvalue weighted by atomic mass is 10.2. The smallest absolute Gasteiger partial charge is 0.244 e. The minimum Gasteiger partial charge on any atom is -0.354 e. The van der Waals surface area contributed by atoms with E-state index in [-0.39, 0.29) is 6.04 Å². The summed E-state index contributed by atoms with van der Waals surface area (Å²) in [7, 11) is 2.16. The summed E-state index contributed by atoms with van der Waals surface area (Å²) in [6, 6.07) is 14.9. The third-order valence-electron chi connectivity index (χ3n) is 6.15. The summed E-state index contributed by atoms with van der Waals surface area (Å²) in [5.74, 6) is 2.34. The van der Waals surface area contributed by atoms with Crippen molar-refractivity contribution in [3.8, 4) is 11.4 Å². The number of hydrogen-bond acceptors (Lipinski definition) is 7. The van der Waals surface area contributed by atoms with Crippen molar-refractivity contribution in [2.24, 2.45) is 0 Å². The van der Waals surface area contributed by atoms with E-state index < -0.39 is 0 Å². The topological polar surface area (TPSA) is 61.5 Å². The highest BCUT2D eigenvalue weighted by Gasteiger charge is 2.30. The Morgan fingerprint density at radius 3 is 2.60 bits per heavy atom. The molecule has 1 aromatic carbocycles. The van der Waals surface area contributed by atoms with Crippen LogP contribution in [0.25, 0.3) is 11.4 Å². The molecule has 2 saturated heterocycles. The monoisotopic (exact) mass is 404 g/mol. The third-order valence-corrected chi connectivity index (χ3v) is 6.15. The Bertz CT molecular complexity index is 949. The van der Waals surface area contributed by atoms with Crippen molar-refractivity contribution in [1.82, 2.24) is 24.9 Å². The van der Waals surface area contributed by atoms with Crippen LogP contribution in [0.1, 0.15) is 30.3 Å². The van der Waals surface area contributed by atoms with E-state index in [1.165, 1.54) is 5.56 Å². The molecule has 0 radical (unpaired) electrons. The fourth-order valence-electron chi connectivity index (χ4n) is 4.34. The molecule has 1 unspecified atom stereocenters. The van der Waals surface area contributed by atoms with Gasteiger partial charge in [0.25, 0.3) is 0 Å². The maximum absolute atomic E-state index is 5.68. The molecule has 0 amide bonds. The lowest BCUT2D eigenvalue weighted by Crippen LogP contribution is -2.44.